The van der Waals surface area contributed by atoms with E-state index in [4.69, 9.17) is 4.74 Å². The van der Waals surface area contributed by atoms with Crippen molar-refractivity contribution in [2.75, 3.05) is 37.4 Å². The van der Waals surface area contributed by atoms with Crippen LogP contribution in [0.1, 0.15) is 25.7 Å². The number of carbonyl (C=O) groups is 2. The number of carbonyl (C=O) groups excluding carboxylic acids is 2. The van der Waals surface area contributed by atoms with Crippen LogP contribution >= 0.6 is 12.4 Å². The maximum atomic E-state index is 12.8. The van der Waals surface area contributed by atoms with Crippen LogP contribution in [-0.2, 0) is 14.3 Å². The average Bonchev–Trinajstić information content (AvgIpc) is 3.43. The van der Waals surface area contributed by atoms with E-state index < -0.39 is 5.41 Å². The number of benzene rings is 1. The van der Waals surface area contributed by atoms with Gasteiger partial charge in [0.05, 0.1) is 12.0 Å². The molecule has 1 aliphatic carbocycles. The van der Waals surface area contributed by atoms with Gasteiger partial charge in [-0.25, -0.2) is 0 Å². The number of amides is 2. The van der Waals surface area contributed by atoms with Gasteiger partial charge < -0.3 is 20.7 Å². The molecule has 25 heavy (non-hydrogen) atoms. The van der Waals surface area contributed by atoms with Crippen molar-refractivity contribution in [3.05, 3.63) is 24.3 Å². The number of anilines is 2. The number of hydrogen-bond acceptors (Lipinski definition) is 4. The number of hydrogen-bond donors (Lipinski definition) is 3. The SMILES string of the molecule is COCC1(C(=O)Nc2ccc(NC(=O)C3CC3)cc2)CCNCC1.Cl. The van der Waals surface area contributed by atoms with Crippen LogP contribution < -0.4 is 16.0 Å². The molecule has 2 fully saturated rings. The summed E-state index contributed by atoms with van der Waals surface area (Å²) in [7, 11) is 1.63. The number of piperidine rings is 1. The first-order chi connectivity index (χ1) is 11.6. The minimum absolute atomic E-state index is 0. The van der Waals surface area contributed by atoms with E-state index in [1.54, 1.807) is 7.11 Å². The van der Waals surface area contributed by atoms with Gasteiger partial charge in [0.2, 0.25) is 11.8 Å². The minimum atomic E-state index is -0.473. The van der Waals surface area contributed by atoms with Crippen LogP contribution in [-0.4, -0.2) is 38.6 Å². The lowest BCUT2D eigenvalue weighted by Crippen LogP contribution is -2.47. The highest BCUT2D eigenvalue weighted by Gasteiger charge is 2.39. The summed E-state index contributed by atoms with van der Waals surface area (Å²) in [5, 5.41) is 9.17. The predicted octanol–water partition coefficient (Wildman–Crippen LogP) is 2.41. The van der Waals surface area contributed by atoms with E-state index in [9.17, 15) is 9.59 Å². The van der Waals surface area contributed by atoms with Gasteiger partial charge >= 0.3 is 0 Å². The molecular weight excluding hydrogens is 342 g/mol. The number of nitrogens with one attached hydrogen (secondary N) is 3. The second kappa shape index (κ2) is 8.65. The minimum Gasteiger partial charge on any atom is -0.384 e. The Hall–Kier alpha value is -1.63. The molecule has 3 N–H and O–H groups in total. The Balaban J connectivity index is 0.00000225. The van der Waals surface area contributed by atoms with Crippen molar-refractivity contribution in [2.24, 2.45) is 11.3 Å². The number of ether oxygens (including phenoxy) is 1. The number of halogens is 1. The van der Waals surface area contributed by atoms with Crippen molar-refractivity contribution in [3.63, 3.8) is 0 Å². The third-order valence-corrected chi connectivity index (χ3v) is 4.82. The molecule has 1 aliphatic heterocycles. The number of methoxy groups -OCH3 is 1. The van der Waals surface area contributed by atoms with Gasteiger partial charge in [0.15, 0.2) is 0 Å². The molecule has 1 saturated carbocycles. The summed E-state index contributed by atoms with van der Waals surface area (Å²) >= 11 is 0. The van der Waals surface area contributed by atoms with Gasteiger partial charge in [-0.3, -0.25) is 9.59 Å². The molecule has 0 bridgehead atoms. The first-order valence-electron chi connectivity index (χ1n) is 8.55. The van der Waals surface area contributed by atoms with Crippen molar-refractivity contribution in [1.82, 2.24) is 5.32 Å². The Bertz CT molecular complexity index is 591. The molecule has 6 nitrogen and oxygen atoms in total. The zero-order valence-corrected chi connectivity index (χ0v) is 15.3. The van der Waals surface area contributed by atoms with Crippen LogP contribution in [0.2, 0.25) is 0 Å². The molecule has 0 aromatic heterocycles. The molecule has 3 rings (SSSR count). The van der Waals surface area contributed by atoms with Gasteiger partial charge in [-0.15, -0.1) is 12.4 Å². The Morgan fingerprint density at radius 1 is 1.12 bits per heavy atom. The Morgan fingerprint density at radius 2 is 1.68 bits per heavy atom. The van der Waals surface area contributed by atoms with Crippen molar-refractivity contribution in [2.45, 2.75) is 25.7 Å². The lowest BCUT2D eigenvalue weighted by atomic mass is 9.78. The van der Waals surface area contributed by atoms with Gasteiger partial charge in [-0.05, 0) is 63.0 Å². The molecule has 2 aliphatic rings. The largest absolute Gasteiger partial charge is 0.384 e. The first kappa shape index (κ1) is 19.7. The molecule has 1 saturated heterocycles. The molecule has 1 aromatic rings. The van der Waals surface area contributed by atoms with Gasteiger partial charge in [0, 0.05) is 24.4 Å². The average molecular weight is 368 g/mol. The van der Waals surface area contributed by atoms with E-state index in [-0.39, 0.29) is 30.1 Å². The summed E-state index contributed by atoms with van der Waals surface area (Å²) in [6.45, 7) is 2.07. The summed E-state index contributed by atoms with van der Waals surface area (Å²) < 4.78 is 5.30. The molecule has 1 aromatic carbocycles. The van der Waals surface area contributed by atoms with Crippen molar-refractivity contribution < 1.29 is 14.3 Å². The fourth-order valence-corrected chi connectivity index (χ4v) is 3.11. The summed E-state index contributed by atoms with van der Waals surface area (Å²) in [6.07, 6.45) is 3.50. The monoisotopic (exact) mass is 367 g/mol. The fraction of sp³-hybridized carbons (Fsp3) is 0.556. The maximum Gasteiger partial charge on any atom is 0.233 e. The van der Waals surface area contributed by atoms with Crippen LogP contribution in [0.15, 0.2) is 24.3 Å². The van der Waals surface area contributed by atoms with Crippen molar-refractivity contribution in [1.29, 1.82) is 0 Å². The summed E-state index contributed by atoms with van der Waals surface area (Å²) in [5.74, 6) is 0.263. The molecule has 7 heteroatoms. The molecule has 1 heterocycles. The highest BCUT2D eigenvalue weighted by Crippen LogP contribution is 2.32. The predicted molar refractivity (Wildman–Crippen MR) is 100 cm³/mol. The van der Waals surface area contributed by atoms with E-state index in [2.05, 4.69) is 16.0 Å². The highest BCUT2D eigenvalue weighted by molar-refractivity contribution is 5.97. The molecule has 0 unspecified atom stereocenters. The molecule has 0 atom stereocenters. The Kier molecular flexibility index (Phi) is 6.81. The summed E-state index contributed by atoms with van der Waals surface area (Å²) in [6, 6.07) is 7.28. The van der Waals surface area contributed by atoms with Gasteiger partial charge in [-0.1, -0.05) is 0 Å². The zero-order chi connectivity index (χ0) is 17.0. The van der Waals surface area contributed by atoms with E-state index in [1.807, 2.05) is 24.3 Å². The van der Waals surface area contributed by atoms with Gasteiger partial charge in [-0.2, -0.15) is 0 Å². The van der Waals surface area contributed by atoms with Crippen LogP contribution in [0.5, 0.6) is 0 Å². The van der Waals surface area contributed by atoms with E-state index in [1.165, 1.54) is 0 Å². The van der Waals surface area contributed by atoms with Crippen molar-refractivity contribution >= 4 is 35.6 Å². The number of rotatable bonds is 6. The lowest BCUT2D eigenvalue weighted by Gasteiger charge is -2.35. The first-order valence-corrected chi connectivity index (χ1v) is 8.55. The Morgan fingerprint density at radius 3 is 2.20 bits per heavy atom. The van der Waals surface area contributed by atoms with E-state index in [0.29, 0.717) is 6.61 Å². The fourth-order valence-electron chi connectivity index (χ4n) is 3.11. The maximum absolute atomic E-state index is 12.8. The molecule has 0 spiro atoms. The van der Waals surface area contributed by atoms with Gasteiger partial charge in [0.25, 0.3) is 0 Å². The molecular formula is C18H26ClN3O3. The van der Waals surface area contributed by atoms with Crippen LogP contribution in [0.25, 0.3) is 0 Å². The van der Waals surface area contributed by atoms with E-state index >= 15 is 0 Å². The summed E-state index contributed by atoms with van der Waals surface area (Å²) in [5.41, 5.74) is 1.02. The van der Waals surface area contributed by atoms with Crippen LogP contribution in [0.3, 0.4) is 0 Å². The Labute approximate surface area is 154 Å². The van der Waals surface area contributed by atoms with Crippen molar-refractivity contribution in [3.8, 4) is 0 Å². The third kappa shape index (κ3) is 4.93. The topological polar surface area (TPSA) is 79.5 Å². The second-order valence-electron chi connectivity index (χ2n) is 6.76. The second-order valence-corrected chi connectivity index (χ2v) is 6.76. The quantitative estimate of drug-likeness (QED) is 0.721. The zero-order valence-electron chi connectivity index (χ0n) is 14.5. The molecule has 138 valence electrons. The lowest BCUT2D eigenvalue weighted by molar-refractivity contribution is -0.130. The normalized spacial score (nSPS) is 18.8. The van der Waals surface area contributed by atoms with Crippen LogP contribution in [0.4, 0.5) is 11.4 Å². The standard InChI is InChI=1S/C18H25N3O3.ClH/c1-24-12-18(8-10-19-11-9-18)17(23)21-15-6-4-14(5-7-15)20-16(22)13-2-3-13;/h4-7,13,19H,2-3,8-12H2,1H3,(H,20,22)(H,21,23);1H. The molecule has 0 radical (unpaired) electrons. The highest BCUT2D eigenvalue weighted by atomic mass is 35.5. The summed E-state index contributed by atoms with van der Waals surface area (Å²) in [4.78, 5) is 24.5. The van der Waals surface area contributed by atoms with E-state index in [0.717, 1.165) is 50.1 Å². The third-order valence-electron chi connectivity index (χ3n) is 4.82. The van der Waals surface area contributed by atoms with Crippen LogP contribution in [0, 0.1) is 11.3 Å². The molecule has 2 amide bonds. The van der Waals surface area contributed by atoms with Gasteiger partial charge in [0.1, 0.15) is 0 Å². The smallest absolute Gasteiger partial charge is 0.233 e.